The van der Waals surface area contributed by atoms with Gasteiger partial charge in [-0.3, -0.25) is 4.79 Å². The fraction of sp³-hybridized carbons (Fsp3) is 0.368. The molecule has 0 atom stereocenters. The molecule has 1 fully saturated rings. The maximum atomic E-state index is 12.6. The van der Waals surface area contributed by atoms with Crippen LogP contribution in [0.2, 0.25) is 0 Å². The predicted molar refractivity (Wildman–Crippen MR) is 98.3 cm³/mol. The van der Waals surface area contributed by atoms with Crippen LogP contribution < -0.4 is 10.1 Å². The largest absolute Gasteiger partial charge is 0.484 e. The van der Waals surface area contributed by atoms with E-state index in [1.54, 1.807) is 30.1 Å². The van der Waals surface area contributed by atoms with Crippen LogP contribution in [-0.2, 0) is 0 Å². The van der Waals surface area contributed by atoms with Crippen LogP contribution in [0.4, 0.5) is 18.9 Å². The van der Waals surface area contributed by atoms with Crippen molar-refractivity contribution >= 4 is 23.4 Å². The lowest BCUT2D eigenvalue weighted by Gasteiger charge is -2.13. The van der Waals surface area contributed by atoms with Crippen LogP contribution in [0.15, 0.2) is 47.6 Å². The highest BCUT2D eigenvalue weighted by molar-refractivity contribution is 7.99. The molecule has 1 amide bonds. The number of carbonyl (C=O) groups excluding carboxylic acids is 1. The second-order valence-corrected chi connectivity index (χ2v) is 7.55. The highest BCUT2D eigenvalue weighted by Gasteiger charge is 2.28. The van der Waals surface area contributed by atoms with Crippen molar-refractivity contribution in [2.24, 2.45) is 0 Å². The molecule has 1 heterocycles. The van der Waals surface area contributed by atoms with Crippen molar-refractivity contribution < 1.29 is 22.7 Å². The van der Waals surface area contributed by atoms with Crippen LogP contribution in [0.5, 0.6) is 5.75 Å². The summed E-state index contributed by atoms with van der Waals surface area (Å²) < 4.78 is 41.2. The van der Waals surface area contributed by atoms with Crippen LogP contribution in [0, 0.1) is 0 Å². The lowest BCUT2D eigenvalue weighted by Crippen LogP contribution is -2.19. The van der Waals surface area contributed by atoms with Crippen molar-refractivity contribution in [2.75, 3.05) is 11.9 Å². The molecular weight excluding hydrogens is 377 g/mol. The summed E-state index contributed by atoms with van der Waals surface area (Å²) in [5.41, 5.74) is 0.965. The second-order valence-electron chi connectivity index (χ2n) is 6.26. The molecule has 0 unspecified atom stereocenters. The molecule has 1 saturated carbocycles. The van der Waals surface area contributed by atoms with E-state index in [1.807, 2.05) is 0 Å². The van der Waals surface area contributed by atoms with E-state index in [4.69, 9.17) is 0 Å². The number of benzene rings is 1. The third-order valence-corrected chi connectivity index (χ3v) is 5.46. The van der Waals surface area contributed by atoms with Crippen LogP contribution in [0.25, 0.3) is 0 Å². The first-order valence-electron chi connectivity index (χ1n) is 8.63. The standard InChI is InChI=1S/C19H19F3N2O2S/c20-19(21,22)12-26-14-9-7-13(8-10-14)24-17(25)16-6-3-11-23-18(16)27-15-4-1-2-5-15/h3,6-11,15H,1-2,4-5,12H2,(H,24,25). The quantitative estimate of drug-likeness (QED) is 0.719. The summed E-state index contributed by atoms with van der Waals surface area (Å²) in [6.07, 6.45) is 1.94. The Morgan fingerprint density at radius 1 is 1.19 bits per heavy atom. The number of aromatic nitrogens is 1. The summed E-state index contributed by atoms with van der Waals surface area (Å²) in [4.78, 5) is 16.9. The molecule has 1 aromatic carbocycles. The second kappa shape index (κ2) is 8.65. The molecule has 0 saturated heterocycles. The van der Waals surface area contributed by atoms with Crippen molar-refractivity contribution in [2.45, 2.75) is 42.1 Å². The number of hydrogen-bond acceptors (Lipinski definition) is 4. The minimum absolute atomic E-state index is 0.0872. The SMILES string of the molecule is O=C(Nc1ccc(OCC(F)(F)F)cc1)c1cccnc1SC1CCCC1. The Bertz CT molecular complexity index is 775. The zero-order valence-corrected chi connectivity index (χ0v) is 15.3. The van der Waals surface area contributed by atoms with Gasteiger partial charge < -0.3 is 10.1 Å². The van der Waals surface area contributed by atoms with Crippen molar-refractivity contribution in [1.29, 1.82) is 0 Å². The molecule has 1 aliphatic carbocycles. The Morgan fingerprint density at radius 3 is 2.56 bits per heavy atom. The number of anilines is 1. The minimum Gasteiger partial charge on any atom is -0.484 e. The smallest absolute Gasteiger partial charge is 0.422 e. The molecule has 0 aliphatic heterocycles. The highest BCUT2D eigenvalue weighted by atomic mass is 32.2. The molecule has 0 spiro atoms. The summed E-state index contributed by atoms with van der Waals surface area (Å²) in [6, 6.07) is 9.22. The molecule has 0 bridgehead atoms. The average Bonchev–Trinajstić information content (AvgIpc) is 3.14. The van der Waals surface area contributed by atoms with Gasteiger partial charge in [-0.2, -0.15) is 13.2 Å². The number of thioether (sulfide) groups is 1. The summed E-state index contributed by atoms with van der Waals surface area (Å²) in [7, 11) is 0. The van der Waals surface area contributed by atoms with Gasteiger partial charge in [0.15, 0.2) is 6.61 Å². The monoisotopic (exact) mass is 396 g/mol. The highest BCUT2D eigenvalue weighted by Crippen LogP contribution is 2.35. The molecule has 27 heavy (non-hydrogen) atoms. The van der Waals surface area contributed by atoms with E-state index in [2.05, 4.69) is 15.0 Å². The minimum atomic E-state index is -4.39. The number of pyridine rings is 1. The van der Waals surface area contributed by atoms with E-state index in [1.165, 1.54) is 37.1 Å². The molecule has 3 rings (SSSR count). The third-order valence-electron chi connectivity index (χ3n) is 4.11. The van der Waals surface area contributed by atoms with Crippen LogP contribution >= 0.6 is 11.8 Å². The van der Waals surface area contributed by atoms with Gasteiger partial charge in [0, 0.05) is 17.1 Å². The van der Waals surface area contributed by atoms with Gasteiger partial charge in [0.25, 0.3) is 5.91 Å². The number of halogens is 3. The maximum absolute atomic E-state index is 12.6. The predicted octanol–water partition coefficient (Wildman–Crippen LogP) is 5.31. The van der Waals surface area contributed by atoms with E-state index >= 15 is 0 Å². The van der Waals surface area contributed by atoms with Crippen molar-refractivity contribution in [1.82, 2.24) is 4.98 Å². The number of amides is 1. The van der Waals surface area contributed by atoms with E-state index in [9.17, 15) is 18.0 Å². The summed E-state index contributed by atoms with van der Waals surface area (Å²) in [6.45, 7) is -1.35. The fourth-order valence-electron chi connectivity index (χ4n) is 2.82. The Morgan fingerprint density at radius 2 is 1.89 bits per heavy atom. The van der Waals surface area contributed by atoms with E-state index in [0.717, 1.165) is 12.8 Å². The summed E-state index contributed by atoms with van der Waals surface area (Å²) in [5.74, 6) is -0.211. The van der Waals surface area contributed by atoms with Gasteiger partial charge in [0.1, 0.15) is 10.8 Å². The summed E-state index contributed by atoms with van der Waals surface area (Å²) in [5, 5.41) is 3.94. The Labute approximate surface area is 159 Å². The van der Waals surface area contributed by atoms with Gasteiger partial charge in [0.05, 0.1) is 5.56 Å². The Kier molecular flexibility index (Phi) is 6.26. The van der Waals surface area contributed by atoms with Gasteiger partial charge in [-0.15, -0.1) is 11.8 Å². The number of nitrogens with one attached hydrogen (secondary N) is 1. The first-order valence-corrected chi connectivity index (χ1v) is 9.51. The molecular formula is C19H19F3N2O2S. The number of carbonyl (C=O) groups is 1. The Hall–Kier alpha value is -2.22. The van der Waals surface area contributed by atoms with Crippen molar-refractivity contribution in [3.05, 3.63) is 48.2 Å². The molecule has 2 aromatic rings. The van der Waals surface area contributed by atoms with Gasteiger partial charge >= 0.3 is 6.18 Å². The average molecular weight is 396 g/mol. The lowest BCUT2D eigenvalue weighted by molar-refractivity contribution is -0.153. The zero-order chi connectivity index (χ0) is 19.3. The number of alkyl halides is 3. The molecule has 1 N–H and O–H groups in total. The van der Waals surface area contributed by atoms with Gasteiger partial charge in [-0.1, -0.05) is 12.8 Å². The van der Waals surface area contributed by atoms with E-state index in [0.29, 0.717) is 21.5 Å². The molecule has 1 aliphatic rings. The van der Waals surface area contributed by atoms with Crippen molar-refractivity contribution in [3.8, 4) is 5.75 Å². The lowest BCUT2D eigenvalue weighted by atomic mass is 10.2. The van der Waals surface area contributed by atoms with Gasteiger partial charge in [-0.25, -0.2) is 4.98 Å². The first kappa shape index (κ1) is 19.5. The fourth-order valence-corrected chi connectivity index (χ4v) is 4.11. The first-order chi connectivity index (χ1) is 12.9. The number of nitrogens with zero attached hydrogens (tertiary/aromatic N) is 1. The molecule has 1 aromatic heterocycles. The van der Waals surface area contributed by atoms with Crippen LogP contribution in [0.3, 0.4) is 0 Å². The maximum Gasteiger partial charge on any atom is 0.422 e. The van der Waals surface area contributed by atoms with E-state index < -0.39 is 12.8 Å². The molecule has 8 heteroatoms. The number of hydrogen-bond donors (Lipinski definition) is 1. The van der Waals surface area contributed by atoms with Crippen LogP contribution in [0.1, 0.15) is 36.0 Å². The molecule has 0 radical (unpaired) electrons. The molecule has 4 nitrogen and oxygen atoms in total. The number of ether oxygens (including phenoxy) is 1. The van der Waals surface area contributed by atoms with E-state index in [-0.39, 0.29) is 11.7 Å². The van der Waals surface area contributed by atoms with Gasteiger partial charge in [0.2, 0.25) is 0 Å². The molecule has 144 valence electrons. The third kappa shape index (κ3) is 5.89. The van der Waals surface area contributed by atoms with Crippen LogP contribution in [-0.4, -0.2) is 28.9 Å². The summed E-state index contributed by atoms with van der Waals surface area (Å²) >= 11 is 1.63. The topological polar surface area (TPSA) is 51.2 Å². The van der Waals surface area contributed by atoms with Gasteiger partial charge in [-0.05, 0) is 49.2 Å². The van der Waals surface area contributed by atoms with Crippen molar-refractivity contribution in [3.63, 3.8) is 0 Å². The zero-order valence-electron chi connectivity index (χ0n) is 14.5. The normalized spacial score (nSPS) is 14.9. The number of rotatable bonds is 6. The Balaban J connectivity index is 1.63.